The molecule has 2 heteroatoms. The number of halogens is 1. The first-order valence-corrected chi connectivity index (χ1v) is 11.9. The van der Waals surface area contributed by atoms with E-state index in [1.165, 1.54) is 18.9 Å². The van der Waals surface area contributed by atoms with Gasteiger partial charge >= 0.3 is 0 Å². The van der Waals surface area contributed by atoms with E-state index in [0.717, 1.165) is 0 Å². The zero-order valence-corrected chi connectivity index (χ0v) is 13.9. The minimum atomic E-state index is -1.55. The van der Waals surface area contributed by atoms with Gasteiger partial charge in [-0.2, -0.15) is 0 Å². The molecule has 0 saturated carbocycles. The monoisotopic (exact) mass is 366 g/mol. The van der Waals surface area contributed by atoms with Crippen molar-refractivity contribution in [3.05, 3.63) is 60.7 Å². The first-order chi connectivity index (χ1) is 8.77. The summed E-state index contributed by atoms with van der Waals surface area (Å²) in [6.45, 7) is 2.28. The van der Waals surface area contributed by atoms with Crippen LogP contribution in [0, 0.1) is 0 Å². The van der Waals surface area contributed by atoms with E-state index in [0.29, 0.717) is 0 Å². The molecule has 0 heterocycles. The molecule has 0 amide bonds. The van der Waals surface area contributed by atoms with Crippen LogP contribution in [-0.4, -0.2) is 5.57 Å². The van der Waals surface area contributed by atoms with E-state index in [1.807, 2.05) is 0 Å². The molecule has 0 fully saturated rings. The Hall–Kier alpha value is -0.613. The largest absolute Gasteiger partial charge is 0.186 e. The highest BCUT2D eigenvalue weighted by atomic mass is 127. The van der Waals surface area contributed by atoms with Crippen LogP contribution in [0.25, 0.3) is 0 Å². The summed E-state index contributed by atoms with van der Waals surface area (Å²) in [7, 11) is 0. The van der Waals surface area contributed by atoms with Crippen LogP contribution in [0.15, 0.2) is 60.7 Å². The van der Waals surface area contributed by atoms with Crippen molar-refractivity contribution in [2.45, 2.75) is 25.8 Å². The van der Waals surface area contributed by atoms with Gasteiger partial charge < -0.3 is 0 Å². The van der Waals surface area contributed by atoms with Crippen LogP contribution in [0.4, 0.5) is 0 Å². The molecule has 0 aromatic heterocycles. The third-order valence-corrected chi connectivity index (χ3v) is 12.2. The molecular formula is C16H19ISi. The fraction of sp³-hybridized carbons (Fsp3) is 0.250. The van der Waals surface area contributed by atoms with Crippen LogP contribution < -0.4 is 10.4 Å². The molecule has 18 heavy (non-hydrogen) atoms. The maximum Gasteiger partial charge on any atom is 0.186 e. The third kappa shape index (κ3) is 3.04. The van der Waals surface area contributed by atoms with E-state index in [2.05, 4.69) is 89.4 Å². The lowest BCUT2D eigenvalue weighted by atomic mass is 10.4. The molecule has 94 valence electrons. The predicted molar refractivity (Wildman–Crippen MR) is 91.6 cm³/mol. The molecule has 0 aliphatic heterocycles. The summed E-state index contributed by atoms with van der Waals surface area (Å²) >= 11 is 2.77. The fourth-order valence-corrected chi connectivity index (χ4v) is 8.78. The molecule has 0 unspecified atom stereocenters. The molecule has 0 spiro atoms. The number of benzene rings is 2. The van der Waals surface area contributed by atoms with Crippen molar-refractivity contribution in [1.29, 1.82) is 0 Å². The van der Waals surface area contributed by atoms with Crippen molar-refractivity contribution in [2.24, 2.45) is 0 Å². The Kier molecular flexibility index (Phi) is 5.01. The van der Waals surface area contributed by atoms with Crippen molar-refractivity contribution in [3.8, 4) is 0 Å². The quantitative estimate of drug-likeness (QED) is 0.427. The second kappa shape index (κ2) is 6.52. The van der Waals surface area contributed by atoms with Gasteiger partial charge in [0.25, 0.3) is 0 Å². The highest BCUT2D eigenvalue weighted by Crippen LogP contribution is 2.21. The third-order valence-electron chi connectivity index (χ3n) is 3.34. The van der Waals surface area contributed by atoms with Gasteiger partial charge in [0.05, 0.1) is 0 Å². The van der Waals surface area contributed by atoms with Crippen LogP contribution in [-0.2, 0) is 0 Å². The zero-order chi connectivity index (χ0) is 12.8. The molecule has 0 N–H and O–H groups in total. The number of hydrogen-bond donors (Lipinski definition) is 0. The van der Waals surface area contributed by atoms with Gasteiger partial charge in [-0.05, 0) is 16.4 Å². The lowest BCUT2D eigenvalue weighted by molar-refractivity contribution is 0.877. The van der Waals surface area contributed by atoms with E-state index < -0.39 is 5.57 Å². The highest BCUT2D eigenvalue weighted by molar-refractivity contribution is 14.1. The number of hydrogen-bond acceptors (Lipinski definition) is 0. The standard InChI is InChI=1S/C16H19ISi/c1-2-3-14-18(17,15-10-6-4-7-11-15)16-12-8-5-9-13-16/h4-13H,2-3,14H2,1H3. The average Bonchev–Trinajstić information content (AvgIpc) is 2.46. The Morgan fingerprint density at radius 1 is 0.833 bits per heavy atom. The van der Waals surface area contributed by atoms with E-state index in [1.54, 1.807) is 10.4 Å². The Morgan fingerprint density at radius 2 is 1.28 bits per heavy atom. The number of rotatable bonds is 5. The van der Waals surface area contributed by atoms with Crippen molar-refractivity contribution in [1.82, 2.24) is 0 Å². The van der Waals surface area contributed by atoms with Gasteiger partial charge in [0, 0.05) is 0 Å². The van der Waals surface area contributed by atoms with Crippen molar-refractivity contribution < 1.29 is 0 Å². The SMILES string of the molecule is CCCC[Si](I)(c1ccccc1)c1ccccc1. The van der Waals surface area contributed by atoms with Gasteiger partial charge in [-0.3, -0.25) is 0 Å². The van der Waals surface area contributed by atoms with Crippen LogP contribution in [0.1, 0.15) is 19.8 Å². The van der Waals surface area contributed by atoms with Gasteiger partial charge in [-0.1, -0.05) is 80.4 Å². The van der Waals surface area contributed by atoms with Gasteiger partial charge in [0.1, 0.15) is 0 Å². The van der Waals surface area contributed by atoms with Gasteiger partial charge in [-0.25, -0.2) is 0 Å². The molecular weight excluding hydrogens is 347 g/mol. The van der Waals surface area contributed by atoms with Crippen molar-refractivity contribution >= 4 is 37.7 Å². The maximum atomic E-state index is 2.77. The summed E-state index contributed by atoms with van der Waals surface area (Å²) in [4.78, 5) is 0. The maximum absolute atomic E-state index is 2.77. The second-order valence-corrected chi connectivity index (χ2v) is 13.4. The van der Waals surface area contributed by atoms with E-state index in [4.69, 9.17) is 0 Å². The summed E-state index contributed by atoms with van der Waals surface area (Å²) in [6, 6.07) is 23.5. The molecule has 0 aliphatic rings. The molecule has 0 saturated heterocycles. The van der Waals surface area contributed by atoms with Crippen molar-refractivity contribution in [2.75, 3.05) is 0 Å². The smallest absolute Gasteiger partial charge is 0.106 e. The first kappa shape index (κ1) is 13.8. The van der Waals surface area contributed by atoms with Gasteiger partial charge in [-0.15, -0.1) is 21.8 Å². The van der Waals surface area contributed by atoms with Crippen molar-refractivity contribution in [3.63, 3.8) is 0 Å². The van der Waals surface area contributed by atoms with E-state index >= 15 is 0 Å². The minimum Gasteiger partial charge on any atom is -0.106 e. The van der Waals surface area contributed by atoms with Crippen LogP contribution in [0.5, 0.6) is 0 Å². The normalized spacial score (nSPS) is 11.4. The zero-order valence-electron chi connectivity index (χ0n) is 10.8. The minimum absolute atomic E-state index is 1.28. The Morgan fingerprint density at radius 3 is 1.67 bits per heavy atom. The molecule has 2 aromatic carbocycles. The second-order valence-electron chi connectivity index (χ2n) is 4.64. The van der Waals surface area contributed by atoms with Crippen LogP contribution in [0.3, 0.4) is 0 Å². The topological polar surface area (TPSA) is 0 Å². The van der Waals surface area contributed by atoms with Gasteiger partial charge in [0.15, 0.2) is 5.57 Å². The van der Waals surface area contributed by atoms with Crippen LogP contribution >= 0.6 is 21.8 Å². The summed E-state index contributed by atoms with van der Waals surface area (Å²) in [5.74, 6) is 0. The Bertz CT molecular complexity index is 427. The highest BCUT2D eigenvalue weighted by Gasteiger charge is 2.33. The summed E-state index contributed by atoms with van der Waals surface area (Å²) in [6.07, 6.45) is 2.59. The Labute approximate surface area is 124 Å². The predicted octanol–water partition coefficient (Wildman–Crippen LogP) is 3.98. The summed E-state index contributed by atoms with van der Waals surface area (Å²) < 4.78 is 0. The molecule has 0 nitrogen and oxygen atoms in total. The first-order valence-electron chi connectivity index (χ1n) is 6.57. The number of unbranched alkanes of at least 4 members (excludes halogenated alkanes) is 1. The van der Waals surface area contributed by atoms with E-state index in [9.17, 15) is 0 Å². The molecule has 0 atom stereocenters. The lowest BCUT2D eigenvalue weighted by Crippen LogP contribution is -2.52. The average molecular weight is 366 g/mol. The molecule has 2 aromatic rings. The lowest BCUT2D eigenvalue weighted by Gasteiger charge is -2.26. The Balaban J connectivity index is 2.41. The van der Waals surface area contributed by atoms with Gasteiger partial charge in [0.2, 0.25) is 0 Å². The molecule has 0 bridgehead atoms. The molecule has 2 rings (SSSR count). The molecule has 0 aliphatic carbocycles. The van der Waals surface area contributed by atoms with Crippen LogP contribution in [0.2, 0.25) is 6.04 Å². The summed E-state index contributed by atoms with van der Waals surface area (Å²) in [5, 5.41) is 3.09. The fourth-order valence-electron chi connectivity index (χ4n) is 2.28. The summed E-state index contributed by atoms with van der Waals surface area (Å²) in [5.41, 5.74) is -1.55. The molecule has 0 radical (unpaired) electrons. The van der Waals surface area contributed by atoms with E-state index in [-0.39, 0.29) is 0 Å².